The van der Waals surface area contributed by atoms with Crippen molar-refractivity contribution in [1.82, 2.24) is 10.2 Å². The summed E-state index contributed by atoms with van der Waals surface area (Å²) in [6.45, 7) is 4.98. The summed E-state index contributed by atoms with van der Waals surface area (Å²) in [5.74, 6) is 0.107. The number of nitrogens with one attached hydrogen (secondary N) is 1. The van der Waals surface area contributed by atoms with Crippen molar-refractivity contribution in [2.45, 2.75) is 19.4 Å². The van der Waals surface area contributed by atoms with Crippen molar-refractivity contribution in [2.75, 3.05) is 33.4 Å². The Morgan fingerprint density at radius 2 is 2.31 bits per heavy atom. The fourth-order valence-corrected chi connectivity index (χ4v) is 1.45. The standard InChI is InChI=1S/C9H18N2O2/c1-3-4-11(8-5-10-6-8)9(12)7-13-2/h8,10H,3-7H2,1-2H3. The van der Waals surface area contributed by atoms with Crippen molar-refractivity contribution in [3.63, 3.8) is 0 Å². The quantitative estimate of drug-likeness (QED) is 0.649. The van der Waals surface area contributed by atoms with Gasteiger partial charge in [-0.1, -0.05) is 6.92 Å². The summed E-state index contributed by atoms with van der Waals surface area (Å²) >= 11 is 0. The molecule has 13 heavy (non-hydrogen) atoms. The van der Waals surface area contributed by atoms with Crippen LogP contribution in [0.25, 0.3) is 0 Å². The molecule has 4 nitrogen and oxygen atoms in total. The highest BCUT2D eigenvalue weighted by molar-refractivity contribution is 5.78. The maximum atomic E-state index is 11.5. The molecule has 1 amide bonds. The summed E-state index contributed by atoms with van der Waals surface area (Å²) in [5, 5.41) is 3.16. The van der Waals surface area contributed by atoms with Crippen LogP contribution in [0.2, 0.25) is 0 Å². The lowest BCUT2D eigenvalue weighted by molar-refractivity contribution is -0.138. The summed E-state index contributed by atoms with van der Waals surface area (Å²) in [4.78, 5) is 13.5. The predicted octanol–water partition coefficient (Wildman–Crippen LogP) is -0.157. The maximum absolute atomic E-state index is 11.5. The number of amides is 1. The molecule has 1 rings (SSSR count). The summed E-state index contributed by atoms with van der Waals surface area (Å²) < 4.78 is 4.84. The van der Waals surface area contributed by atoms with Gasteiger partial charge in [-0.25, -0.2) is 0 Å². The van der Waals surface area contributed by atoms with Crippen LogP contribution in [0, 0.1) is 0 Å². The molecule has 1 saturated heterocycles. The van der Waals surface area contributed by atoms with E-state index < -0.39 is 0 Å². The van der Waals surface area contributed by atoms with Crippen LogP contribution < -0.4 is 5.32 Å². The fourth-order valence-electron chi connectivity index (χ4n) is 1.45. The molecule has 0 aromatic carbocycles. The van der Waals surface area contributed by atoms with E-state index in [0.717, 1.165) is 26.1 Å². The molecular weight excluding hydrogens is 168 g/mol. The van der Waals surface area contributed by atoms with Crippen molar-refractivity contribution in [2.24, 2.45) is 0 Å². The van der Waals surface area contributed by atoms with Crippen molar-refractivity contribution in [3.05, 3.63) is 0 Å². The first-order valence-corrected chi connectivity index (χ1v) is 4.78. The molecular formula is C9H18N2O2. The van der Waals surface area contributed by atoms with Crippen LogP contribution in [0.3, 0.4) is 0 Å². The van der Waals surface area contributed by atoms with Gasteiger partial charge >= 0.3 is 0 Å². The molecule has 1 aliphatic rings. The van der Waals surface area contributed by atoms with Gasteiger partial charge in [0.05, 0.1) is 6.04 Å². The highest BCUT2D eigenvalue weighted by Crippen LogP contribution is 2.06. The molecule has 0 spiro atoms. The molecule has 0 aromatic rings. The van der Waals surface area contributed by atoms with Crippen LogP contribution in [-0.4, -0.2) is 50.2 Å². The number of rotatable bonds is 5. The topological polar surface area (TPSA) is 41.6 Å². The molecule has 0 atom stereocenters. The number of carbonyl (C=O) groups is 1. The Morgan fingerprint density at radius 1 is 1.62 bits per heavy atom. The molecule has 1 heterocycles. The van der Waals surface area contributed by atoms with E-state index in [1.807, 2.05) is 4.90 Å². The van der Waals surface area contributed by atoms with Crippen molar-refractivity contribution < 1.29 is 9.53 Å². The number of hydrogen-bond donors (Lipinski definition) is 1. The smallest absolute Gasteiger partial charge is 0.248 e. The van der Waals surface area contributed by atoms with E-state index >= 15 is 0 Å². The fraction of sp³-hybridized carbons (Fsp3) is 0.889. The number of ether oxygens (including phenoxy) is 1. The van der Waals surface area contributed by atoms with E-state index in [1.54, 1.807) is 7.11 Å². The van der Waals surface area contributed by atoms with Gasteiger partial charge in [0.15, 0.2) is 0 Å². The van der Waals surface area contributed by atoms with Crippen LogP contribution in [-0.2, 0) is 9.53 Å². The number of methoxy groups -OCH3 is 1. The van der Waals surface area contributed by atoms with Crippen molar-refractivity contribution in [3.8, 4) is 0 Å². The molecule has 0 unspecified atom stereocenters. The van der Waals surface area contributed by atoms with E-state index in [2.05, 4.69) is 12.2 Å². The van der Waals surface area contributed by atoms with Gasteiger partial charge < -0.3 is 15.0 Å². The Morgan fingerprint density at radius 3 is 2.69 bits per heavy atom. The average Bonchev–Trinajstić information content (AvgIpc) is 2.01. The number of carbonyl (C=O) groups excluding carboxylic acids is 1. The monoisotopic (exact) mass is 186 g/mol. The normalized spacial score (nSPS) is 16.8. The van der Waals surface area contributed by atoms with E-state index in [9.17, 15) is 4.79 Å². The molecule has 4 heteroatoms. The minimum Gasteiger partial charge on any atom is -0.375 e. The molecule has 76 valence electrons. The molecule has 0 aromatic heterocycles. The zero-order chi connectivity index (χ0) is 9.68. The Labute approximate surface area is 79.2 Å². The molecule has 0 aliphatic carbocycles. The Bertz CT molecular complexity index is 169. The Hall–Kier alpha value is -0.610. The first kappa shape index (κ1) is 10.5. The number of nitrogens with zero attached hydrogens (tertiary/aromatic N) is 1. The van der Waals surface area contributed by atoms with Gasteiger partial charge in [0, 0.05) is 26.7 Å². The largest absolute Gasteiger partial charge is 0.375 e. The lowest BCUT2D eigenvalue weighted by Gasteiger charge is -2.38. The molecule has 1 fully saturated rings. The van der Waals surface area contributed by atoms with Gasteiger partial charge in [0.25, 0.3) is 0 Å². The average molecular weight is 186 g/mol. The molecule has 1 aliphatic heterocycles. The third-order valence-corrected chi connectivity index (χ3v) is 2.25. The predicted molar refractivity (Wildman–Crippen MR) is 50.5 cm³/mol. The SMILES string of the molecule is CCCN(C(=O)COC)C1CNC1. The summed E-state index contributed by atoms with van der Waals surface area (Å²) in [7, 11) is 1.56. The first-order chi connectivity index (χ1) is 6.29. The third kappa shape index (κ3) is 2.67. The summed E-state index contributed by atoms with van der Waals surface area (Å²) in [6, 6.07) is 0.391. The number of hydrogen-bond acceptors (Lipinski definition) is 3. The molecule has 0 bridgehead atoms. The van der Waals surface area contributed by atoms with E-state index in [4.69, 9.17) is 4.74 Å². The van der Waals surface area contributed by atoms with Gasteiger partial charge in [-0.15, -0.1) is 0 Å². The first-order valence-electron chi connectivity index (χ1n) is 4.78. The van der Waals surface area contributed by atoms with Gasteiger partial charge in [-0.05, 0) is 6.42 Å². The minimum absolute atomic E-state index is 0.107. The third-order valence-electron chi connectivity index (χ3n) is 2.25. The summed E-state index contributed by atoms with van der Waals surface area (Å²) in [6.07, 6.45) is 1.01. The highest BCUT2D eigenvalue weighted by atomic mass is 16.5. The second-order valence-electron chi connectivity index (χ2n) is 3.33. The molecule has 0 radical (unpaired) electrons. The van der Waals surface area contributed by atoms with Crippen LogP contribution in [0.15, 0.2) is 0 Å². The van der Waals surface area contributed by atoms with Crippen LogP contribution in [0.5, 0.6) is 0 Å². The second kappa shape index (κ2) is 5.19. The van der Waals surface area contributed by atoms with Gasteiger partial charge in [0.1, 0.15) is 6.61 Å². The van der Waals surface area contributed by atoms with Gasteiger partial charge in [-0.2, -0.15) is 0 Å². The zero-order valence-corrected chi connectivity index (χ0v) is 8.38. The maximum Gasteiger partial charge on any atom is 0.248 e. The van der Waals surface area contributed by atoms with Crippen molar-refractivity contribution in [1.29, 1.82) is 0 Å². The van der Waals surface area contributed by atoms with Gasteiger partial charge in [0.2, 0.25) is 5.91 Å². The highest BCUT2D eigenvalue weighted by Gasteiger charge is 2.27. The Kier molecular flexibility index (Phi) is 4.18. The molecule has 0 saturated carbocycles. The van der Waals surface area contributed by atoms with Gasteiger partial charge in [-0.3, -0.25) is 4.79 Å². The minimum atomic E-state index is 0.107. The van der Waals surface area contributed by atoms with Crippen LogP contribution in [0.1, 0.15) is 13.3 Å². The molecule has 1 N–H and O–H groups in total. The van der Waals surface area contributed by atoms with E-state index in [0.29, 0.717) is 6.04 Å². The lowest BCUT2D eigenvalue weighted by atomic mass is 10.1. The van der Waals surface area contributed by atoms with Crippen LogP contribution >= 0.6 is 0 Å². The summed E-state index contributed by atoms with van der Waals surface area (Å²) in [5.41, 5.74) is 0. The zero-order valence-electron chi connectivity index (χ0n) is 8.38. The van der Waals surface area contributed by atoms with E-state index in [1.165, 1.54) is 0 Å². The lowest BCUT2D eigenvalue weighted by Crippen LogP contribution is -2.59. The van der Waals surface area contributed by atoms with E-state index in [-0.39, 0.29) is 12.5 Å². The Balaban J connectivity index is 2.40. The second-order valence-corrected chi connectivity index (χ2v) is 3.33. The van der Waals surface area contributed by atoms with Crippen molar-refractivity contribution >= 4 is 5.91 Å². The van der Waals surface area contributed by atoms with Crippen LogP contribution in [0.4, 0.5) is 0 Å².